The van der Waals surface area contributed by atoms with Gasteiger partial charge in [0.2, 0.25) is 0 Å². The van der Waals surface area contributed by atoms with Crippen LogP contribution in [0.15, 0.2) is 36.6 Å². The van der Waals surface area contributed by atoms with Crippen LogP contribution in [-0.4, -0.2) is 5.97 Å². The average molecular weight is 232 g/mol. The van der Waals surface area contributed by atoms with E-state index in [1.165, 1.54) is 19.1 Å². The third-order valence-electron chi connectivity index (χ3n) is 2.49. The van der Waals surface area contributed by atoms with E-state index in [4.69, 9.17) is 4.74 Å². The van der Waals surface area contributed by atoms with E-state index in [2.05, 4.69) is 6.92 Å². The molecule has 0 saturated heterocycles. The van der Waals surface area contributed by atoms with Gasteiger partial charge in [0, 0.05) is 6.42 Å². The van der Waals surface area contributed by atoms with E-state index in [0.29, 0.717) is 6.42 Å². The molecule has 1 rings (SSSR count). The van der Waals surface area contributed by atoms with Crippen molar-refractivity contribution in [2.75, 3.05) is 0 Å². The molecule has 0 unspecified atom stereocenters. The van der Waals surface area contributed by atoms with Crippen LogP contribution in [0, 0.1) is 0 Å². The molecule has 0 N–H and O–H groups in total. The number of carbonyl (C=O) groups is 1. The van der Waals surface area contributed by atoms with Gasteiger partial charge in [-0.25, -0.2) is 0 Å². The number of unbranched alkanes of at least 4 members (excludes halogenated alkanes) is 3. The highest BCUT2D eigenvalue weighted by Crippen LogP contribution is 2.05. The van der Waals surface area contributed by atoms with Crippen molar-refractivity contribution in [3.63, 3.8) is 0 Å². The summed E-state index contributed by atoms with van der Waals surface area (Å²) in [6, 6.07) is 9.78. The van der Waals surface area contributed by atoms with Crippen LogP contribution in [0.5, 0.6) is 0 Å². The van der Waals surface area contributed by atoms with Crippen molar-refractivity contribution >= 4 is 12.0 Å². The minimum absolute atomic E-state index is 0.145. The van der Waals surface area contributed by atoms with Gasteiger partial charge in [-0.05, 0) is 18.1 Å². The molecule has 92 valence electrons. The molecular weight excluding hydrogens is 212 g/mol. The number of hydrogen-bond acceptors (Lipinski definition) is 2. The summed E-state index contributed by atoms with van der Waals surface area (Å²) < 4.78 is 5.01. The lowest BCUT2D eigenvalue weighted by atomic mass is 10.2. The smallest absolute Gasteiger partial charge is 0.310 e. The van der Waals surface area contributed by atoms with Gasteiger partial charge in [0.05, 0.1) is 6.26 Å². The summed E-state index contributed by atoms with van der Waals surface area (Å²) in [4.78, 5) is 11.3. The lowest BCUT2D eigenvalue weighted by Gasteiger charge is -1.99. The van der Waals surface area contributed by atoms with E-state index in [1.807, 2.05) is 30.3 Å². The Balaban J connectivity index is 2.17. The Kier molecular flexibility index (Phi) is 6.80. The fraction of sp³-hybridized carbons (Fsp3) is 0.400. The topological polar surface area (TPSA) is 26.3 Å². The number of esters is 1. The molecule has 0 aliphatic heterocycles. The Morgan fingerprint density at radius 3 is 2.65 bits per heavy atom. The Bertz CT molecular complexity index is 341. The minimum atomic E-state index is -0.145. The van der Waals surface area contributed by atoms with E-state index >= 15 is 0 Å². The fourth-order valence-corrected chi connectivity index (χ4v) is 1.51. The van der Waals surface area contributed by atoms with Crippen LogP contribution < -0.4 is 0 Å². The second-order valence-electron chi connectivity index (χ2n) is 4.01. The van der Waals surface area contributed by atoms with Gasteiger partial charge in [-0.3, -0.25) is 4.79 Å². The first-order valence-electron chi connectivity index (χ1n) is 6.24. The van der Waals surface area contributed by atoms with Crippen molar-refractivity contribution in [2.24, 2.45) is 0 Å². The lowest BCUT2D eigenvalue weighted by molar-refractivity contribution is -0.138. The van der Waals surface area contributed by atoms with Crippen LogP contribution >= 0.6 is 0 Å². The molecule has 17 heavy (non-hydrogen) atoms. The molecule has 0 radical (unpaired) electrons. The molecule has 0 atom stereocenters. The third-order valence-corrected chi connectivity index (χ3v) is 2.49. The van der Waals surface area contributed by atoms with Crippen LogP contribution in [0.2, 0.25) is 0 Å². The van der Waals surface area contributed by atoms with Crippen molar-refractivity contribution < 1.29 is 9.53 Å². The highest BCUT2D eigenvalue weighted by Gasteiger charge is 1.99. The van der Waals surface area contributed by atoms with Crippen molar-refractivity contribution in [1.29, 1.82) is 0 Å². The first-order valence-corrected chi connectivity index (χ1v) is 6.24. The molecule has 0 spiro atoms. The molecule has 1 aromatic rings. The molecule has 0 bridgehead atoms. The molecule has 0 saturated carbocycles. The number of carbonyl (C=O) groups excluding carboxylic acids is 1. The molecule has 0 fully saturated rings. The summed E-state index contributed by atoms with van der Waals surface area (Å²) in [5.41, 5.74) is 1.03. The number of hydrogen-bond donors (Lipinski definition) is 0. The Hall–Kier alpha value is -1.57. The maximum Gasteiger partial charge on any atom is 0.310 e. The van der Waals surface area contributed by atoms with Gasteiger partial charge in [-0.15, -0.1) is 0 Å². The summed E-state index contributed by atoms with van der Waals surface area (Å²) in [6.45, 7) is 2.15. The second-order valence-corrected chi connectivity index (χ2v) is 4.01. The van der Waals surface area contributed by atoms with E-state index in [-0.39, 0.29) is 5.97 Å². The predicted molar refractivity (Wildman–Crippen MR) is 70.3 cm³/mol. The van der Waals surface area contributed by atoms with E-state index < -0.39 is 0 Å². The second kappa shape index (κ2) is 8.57. The standard InChI is InChI=1S/C15H20O2/c1-2-3-4-8-11-15(16)17-13-12-14-9-6-5-7-10-14/h5-7,9-10,12-13H,2-4,8,11H2,1H3. The minimum Gasteiger partial charge on any atom is -0.434 e. The zero-order chi connectivity index (χ0) is 12.3. The molecule has 0 aliphatic carbocycles. The zero-order valence-electron chi connectivity index (χ0n) is 10.4. The van der Waals surface area contributed by atoms with Crippen molar-refractivity contribution in [3.05, 3.63) is 42.2 Å². The SMILES string of the molecule is CCCCCCC(=O)OC=Cc1ccccc1. The van der Waals surface area contributed by atoms with Gasteiger partial charge in [0.15, 0.2) is 0 Å². The summed E-state index contributed by atoms with van der Waals surface area (Å²) >= 11 is 0. The highest BCUT2D eigenvalue weighted by atomic mass is 16.5. The number of ether oxygens (including phenoxy) is 1. The summed E-state index contributed by atoms with van der Waals surface area (Å²) in [7, 11) is 0. The van der Waals surface area contributed by atoms with Gasteiger partial charge in [-0.1, -0.05) is 56.5 Å². The van der Waals surface area contributed by atoms with Crippen LogP contribution in [0.3, 0.4) is 0 Å². The largest absolute Gasteiger partial charge is 0.434 e. The molecule has 2 nitrogen and oxygen atoms in total. The van der Waals surface area contributed by atoms with Crippen molar-refractivity contribution in [3.8, 4) is 0 Å². The average Bonchev–Trinajstić information content (AvgIpc) is 2.36. The molecular formula is C15H20O2. The molecule has 0 aromatic heterocycles. The number of rotatable bonds is 7. The molecule has 2 heteroatoms. The highest BCUT2D eigenvalue weighted by molar-refractivity contribution is 5.70. The zero-order valence-corrected chi connectivity index (χ0v) is 10.4. The lowest BCUT2D eigenvalue weighted by Crippen LogP contribution is -1.98. The summed E-state index contributed by atoms with van der Waals surface area (Å²) in [6.07, 6.45) is 8.18. The van der Waals surface area contributed by atoms with Crippen LogP contribution in [0.1, 0.15) is 44.6 Å². The van der Waals surface area contributed by atoms with Crippen molar-refractivity contribution in [2.45, 2.75) is 39.0 Å². The molecule has 0 aliphatic rings. The van der Waals surface area contributed by atoms with Gasteiger partial charge < -0.3 is 4.74 Å². The van der Waals surface area contributed by atoms with Crippen LogP contribution in [0.25, 0.3) is 6.08 Å². The van der Waals surface area contributed by atoms with E-state index in [0.717, 1.165) is 18.4 Å². The van der Waals surface area contributed by atoms with Gasteiger partial charge >= 0.3 is 5.97 Å². The van der Waals surface area contributed by atoms with E-state index in [9.17, 15) is 4.79 Å². The Morgan fingerprint density at radius 2 is 1.94 bits per heavy atom. The number of benzene rings is 1. The van der Waals surface area contributed by atoms with Gasteiger partial charge in [0.25, 0.3) is 0 Å². The molecule has 0 amide bonds. The monoisotopic (exact) mass is 232 g/mol. The molecule has 1 aromatic carbocycles. The Morgan fingerprint density at radius 1 is 1.18 bits per heavy atom. The Labute approximate surface area is 103 Å². The van der Waals surface area contributed by atoms with Crippen molar-refractivity contribution in [1.82, 2.24) is 0 Å². The maximum atomic E-state index is 11.3. The summed E-state index contributed by atoms with van der Waals surface area (Å²) in [5.74, 6) is -0.145. The molecule has 0 heterocycles. The van der Waals surface area contributed by atoms with Crippen LogP contribution in [-0.2, 0) is 9.53 Å². The quantitative estimate of drug-likeness (QED) is 0.400. The summed E-state index contributed by atoms with van der Waals surface area (Å²) in [5, 5.41) is 0. The van der Waals surface area contributed by atoms with Crippen LogP contribution in [0.4, 0.5) is 0 Å². The van der Waals surface area contributed by atoms with Gasteiger partial charge in [0.1, 0.15) is 0 Å². The normalized spacial score (nSPS) is 10.6. The van der Waals surface area contributed by atoms with E-state index in [1.54, 1.807) is 6.08 Å². The predicted octanol–water partition coefficient (Wildman–Crippen LogP) is 4.17. The fourth-order valence-electron chi connectivity index (χ4n) is 1.51. The first-order chi connectivity index (χ1) is 8.33. The first kappa shape index (κ1) is 13.5. The van der Waals surface area contributed by atoms with Gasteiger partial charge in [-0.2, -0.15) is 0 Å². The maximum absolute atomic E-state index is 11.3. The third kappa shape index (κ3) is 6.56.